The Morgan fingerprint density at radius 2 is 1.80 bits per heavy atom. The zero-order chi connectivity index (χ0) is 25.5. The molecule has 0 saturated heterocycles. The van der Waals surface area contributed by atoms with Crippen LogP contribution in [0.15, 0.2) is 66.0 Å². The van der Waals surface area contributed by atoms with Gasteiger partial charge in [0, 0.05) is 23.5 Å². The van der Waals surface area contributed by atoms with Gasteiger partial charge in [-0.25, -0.2) is 18.4 Å². The number of ketones is 1. The van der Waals surface area contributed by atoms with Crippen molar-refractivity contribution in [3.8, 4) is 0 Å². The summed E-state index contributed by atoms with van der Waals surface area (Å²) in [7, 11) is -4.36. The molecular weight excluding hydrogens is 483 g/mol. The van der Waals surface area contributed by atoms with E-state index in [1.165, 1.54) is 30.6 Å². The third-order valence-electron chi connectivity index (χ3n) is 5.29. The van der Waals surface area contributed by atoms with Crippen LogP contribution in [0, 0.1) is 0 Å². The Kier molecular flexibility index (Phi) is 6.01. The molecule has 0 aliphatic carbocycles. The van der Waals surface area contributed by atoms with E-state index in [0.29, 0.717) is 17.1 Å². The molecule has 3 N–H and O–H groups in total. The van der Waals surface area contributed by atoms with Gasteiger partial charge >= 0.3 is 6.18 Å². The van der Waals surface area contributed by atoms with Crippen molar-refractivity contribution in [3.63, 3.8) is 0 Å². The molecule has 2 aromatic heterocycles. The van der Waals surface area contributed by atoms with Crippen molar-refractivity contribution in [3.05, 3.63) is 77.7 Å². The van der Waals surface area contributed by atoms with Crippen molar-refractivity contribution < 1.29 is 26.4 Å². The molecule has 0 fully saturated rings. The highest BCUT2D eigenvalue weighted by Gasteiger charge is 2.31. The van der Waals surface area contributed by atoms with Gasteiger partial charge in [-0.15, -0.1) is 0 Å². The number of aromatic nitrogens is 3. The van der Waals surface area contributed by atoms with E-state index in [0.717, 1.165) is 18.2 Å². The quantitative estimate of drug-likeness (QED) is 0.370. The van der Waals surface area contributed by atoms with Gasteiger partial charge in [0.2, 0.25) is 0 Å². The van der Waals surface area contributed by atoms with Crippen LogP contribution < -0.4 is 10.5 Å². The minimum absolute atomic E-state index is 0.00471. The molecule has 2 aromatic carbocycles. The largest absolute Gasteiger partial charge is 0.416 e. The Morgan fingerprint density at radius 1 is 1.09 bits per heavy atom. The van der Waals surface area contributed by atoms with Crippen LogP contribution in [-0.2, 0) is 16.2 Å². The van der Waals surface area contributed by atoms with Crippen molar-refractivity contribution in [1.82, 2.24) is 14.5 Å². The molecule has 182 valence electrons. The van der Waals surface area contributed by atoms with E-state index in [1.807, 2.05) is 13.8 Å². The molecular formula is C23H20F3N5O3S. The summed E-state index contributed by atoms with van der Waals surface area (Å²) in [6, 6.07) is 8.98. The number of rotatable bonds is 6. The predicted molar refractivity (Wildman–Crippen MR) is 124 cm³/mol. The average Bonchev–Trinajstić information content (AvgIpc) is 3.19. The summed E-state index contributed by atoms with van der Waals surface area (Å²) in [6.07, 6.45) is -1.78. The van der Waals surface area contributed by atoms with Crippen LogP contribution in [0.25, 0.3) is 11.0 Å². The third-order valence-corrected chi connectivity index (χ3v) is 6.67. The molecule has 4 rings (SSSR count). The molecule has 0 aliphatic rings. The number of nitrogens with zero attached hydrogens (tertiary/aromatic N) is 3. The molecule has 0 bridgehead atoms. The first-order valence-corrected chi connectivity index (χ1v) is 11.8. The van der Waals surface area contributed by atoms with Crippen LogP contribution in [0.1, 0.15) is 41.4 Å². The second-order valence-corrected chi connectivity index (χ2v) is 9.72. The fourth-order valence-corrected chi connectivity index (χ4v) is 4.70. The van der Waals surface area contributed by atoms with E-state index in [2.05, 4.69) is 14.7 Å². The van der Waals surface area contributed by atoms with Crippen molar-refractivity contribution in [2.45, 2.75) is 31.0 Å². The van der Waals surface area contributed by atoms with Gasteiger partial charge in [0.05, 0.1) is 21.4 Å². The molecule has 2 heterocycles. The van der Waals surface area contributed by atoms with Gasteiger partial charge in [-0.1, -0.05) is 18.2 Å². The van der Waals surface area contributed by atoms with Crippen molar-refractivity contribution in [2.75, 3.05) is 10.5 Å². The highest BCUT2D eigenvalue weighted by Crippen LogP contribution is 2.32. The zero-order valence-electron chi connectivity index (χ0n) is 18.5. The Bertz CT molecular complexity index is 1550. The fourth-order valence-electron chi connectivity index (χ4n) is 3.61. The van der Waals surface area contributed by atoms with Gasteiger partial charge in [0.25, 0.3) is 10.0 Å². The summed E-state index contributed by atoms with van der Waals surface area (Å²) >= 11 is 0. The monoisotopic (exact) mass is 503 g/mol. The van der Waals surface area contributed by atoms with Crippen LogP contribution in [0.2, 0.25) is 0 Å². The Hall–Kier alpha value is -3.93. The number of carbonyl (C=O) groups is 1. The highest BCUT2D eigenvalue weighted by atomic mass is 32.2. The number of nitrogen functional groups attached to an aromatic ring is 1. The molecule has 8 nitrogen and oxygen atoms in total. The van der Waals surface area contributed by atoms with E-state index < -0.39 is 32.4 Å². The number of nitrogens with two attached hydrogens (primary N) is 1. The van der Waals surface area contributed by atoms with Crippen LogP contribution in [0.3, 0.4) is 0 Å². The molecule has 0 atom stereocenters. The molecule has 0 amide bonds. The number of anilines is 2. The lowest BCUT2D eigenvalue weighted by Gasteiger charge is -2.12. The van der Waals surface area contributed by atoms with E-state index in [-0.39, 0.29) is 28.7 Å². The van der Waals surface area contributed by atoms with Gasteiger partial charge in [-0.2, -0.15) is 13.2 Å². The van der Waals surface area contributed by atoms with Crippen LogP contribution in [0.5, 0.6) is 0 Å². The molecule has 0 saturated carbocycles. The topological polar surface area (TPSA) is 120 Å². The number of hydrogen-bond donors (Lipinski definition) is 2. The van der Waals surface area contributed by atoms with Gasteiger partial charge < -0.3 is 10.3 Å². The van der Waals surface area contributed by atoms with E-state index >= 15 is 0 Å². The first-order valence-electron chi connectivity index (χ1n) is 10.3. The normalized spacial score (nSPS) is 12.3. The summed E-state index contributed by atoms with van der Waals surface area (Å²) in [4.78, 5) is 21.0. The number of fused-ring (bicyclic) bond motifs is 1. The maximum absolute atomic E-state index is 13.4. The highest BCUT2D eigenvalue weighted by molar-refractivity contribution is 7.92. The maximum atomic E-state index is 13.4. The smallest absolute Gasteiger partial charge is 0.383 e. The van der Waals surface area contributed by atoms with Crippen LogP contribution in [-0.4, -0.2) is 28.7 Å². The summed E-state index contributed by atoms with van der Waals surface area (Å²) in [5.74, 6) is -0.324. The SMILES string of the molecule is CC(C)n1cc(C(=O)c2cccc(NS(=O)(=O)c3cccc(C(F)(F)F)c3)c2)c2c(N)ncnc21. The zero-order valence-corrected chi connectivity index (χ0v) is 19.4. The lowest BCUT2D eigenvalue weighted by atomic mass is 10.0. The lowest BCUT2D eigenvalue weighted by molar-refractivity contribution is -0.137. The second-order valence-electron chi connectivity index (χ2n) is 8.04. The summed E-state index contributed by atoms with van der Waals surface area (Å²) in [5, 5.41) is 0.376. The van der Waals surface area contributed by atoms with Gasteiger partial charge in [-0.3, -0.25) is 9.52 Å². The van der Waals surface area contributed by atoms with E-state index in [1.54, 1.807) is 10.8 Å². The first kappa shape index (κ1) is 24.2. The summed E-state index contributed by atoms with van der Waals surface area (Å²) in [6.45, 7) is 3.82. The lowest BCUT2D eigenvalue weighted by Crippen LogP contribution is -2.15. The Labute approximate surface area is 198 Å². The third kappa shape index (κ3) is 4.69. The van der Waals surface area contributed by atoms with E-state index in [9.17, 15) is 26.4 Å². The molecule has 0 radical (unpaired) electrons. The second kappa shape index (κ2) is 8.69. The number of halogens is 3. The molecule has 12 heteroatoms. The standard InChI is InChI=1S/C23H20F3N5O3S/c1-13(2)31-11-18(19-21(27)28-12-29-22(19)31)20(32)14-5-3-7-16(9-14)30-35(33,34)17-8-4-6-15(10-17)23(24,25)26/h3-13,30H,1-2H3,(H2,27,28,29). The maximum Gasteiger partial charge on any atom is 0.416 e. The number of benzene rings is 2. The van der Waals surface area contributed by atoms with Gasteiger partial charge in [-0.05, 0) is 44.2 Å². The van der Waals surface area contributed by atoms with Crippen molar-refractivity contribution in [2.24, 2.45) is 0 Å². The minimum atomic E-state index is -4.70. The van der Waals surface area contributed by atoms with Crippen molar-refractivity contribution in [1.29, 1.82) is 0 Å². The van der Waals surface area contributed by atoms with E-state index in [4.69, 9.17) is 5.73 Å². The van der Waals surface area contributed by atoms with Gasteiger partial charge in [0.15, 0.2) is 5.78 Å². The average molecular weight is 504 g/mol. The van der Waals surface area contributed by atoms with Crippen LogP contribution in [0.4, 0.5) is 24.7 Å². The van der Waals surface area contributed by atoms with Crippen molar-refractivity contribution >= 4 is 38.3 Å². The number of alkyl halides is 3. The number of carbonyl (C=O) groups excluding carboxylic acids is 1. The molecule has 0 unspecified atom stereocenters. The summed E-state index contributed by atoms with van der Waals surface area (Å²) < 4.78 is 68.5. The molecule has 4 aromatic rings. The Balaban J connectivity index is 1.70. The first-order chi connectivity index (χ1) is 16.4. The Morgan fingerprint density at radius 3 is 2.49 bits per heavy atom. The molecule has 35 heavy (non-hydrogen) atoms. The fraction of sp³-hybridized carbons (Fsp3) is 0.174. The molecule has 0 spiro atoms. The summed E-state index contributed by atoms with van der Waals surface area (Å²) in [5.41, 5.74) is 5.79. The minimum Gasteiger partial charge on any atom is -0.383 e. The van der Waals surface area contributed by atoms with Gasteiger partial charge in [0.1, 0.15) is 17.8 Å². The predicted octanol–water partition coefficient (Wildman–Crippen LogP) is 4.65. The molecule has 0 aliphatic heterocycles. The number of nitrogens with one attached hydrogen (secondary N) is 1. The van der Waals surface area contributed by atoms with Crippen LogP contribution >= 0.6 is 0 Å². The number of hydrogen-bond acceptors (Lipinski definition) is 6. The number of sulfonamides is 1.